The molecule has 0 radical (unpaired) electrons. The van der Waals surface area contributed by atoms with Crippen LogP contribution in [0.25, 0.3) is 0 Å². The van der Waals surface area contributed by atoms with E-state index in [1.54, 1.807) is 32.9 Å². The molecule has 11 heteroatoms. The number of rotatable bonds is 5. The predicted molar refractivity (Wildman–Crippen MR) is 120 cm³/mol. The van der Waals surface area contributed by atoms with Crippen LogP contribution >= 0.6 is 0 Å². The number of nitriles is 1. The Kier molecular flexibility index (Phi) is 9.11. The minimum Gasteiger partial charge on any atom is -1.00 e. The first-order valence-electron chi connectivity index (χ1n) is 10.4. The van der Waals surface area contributed by atoms with E-state index >= 15 is 0 Å². The van der Waals surface area contributed by atoms with Crippen LogP contribution in [0.15, 0.2) is 53.9 Å². The molecule has 0 saturated heterocycles. The van der Waals surface area contributed by atoms with Gasteiger partial charge in [0.2, 0.25) is 0 Å². The summed E-state index contributed by atoms with van der Waals surface area (Å²) in [5.41, 5.74) is -0.245. The molecule has 1 aliphatic rings. The quantitative estimate of drug-likeness (QED) is 0.640. The van der Waals surface area contributed by atoms with Crippen molar-refractivity contribution in [2.24, 2.45) is 0 Å². The van der Waals surface area contributed by atoms with Crippen molar-refractivity contribution >= 4 is 23.3 Å². The molecule has 0 unspecified atom stereocenters. The number of alkyl halides is 3. The summed E-state index contributed by atoms with van der Waals surface area (Å²) in [5.74, 6) is -0.227. The Morgan fingerprint density at radius 1 is 1.20 bits per heavy atom. The fourth-order valence-corrected chi connectivity index (χ4v) is 3.32. The van der Waals surface area contributed by atoms with Crippen LogP contribution in [-0.4, -0.2) is 29.0 Å². The number of amides is 1. The summed E-state index contributed by atoms with van der Waals surface area (Å²) in [5, 5.41) is 11.9. The largest absolute Gasteiger partial charge is 1.00 e. The topological polar surface area (TPSA) is 95.3 Å². The molecule has 35 heavy (non-hydrogen) atoms. The zero-order valence-corrected chi connectivity index (χ0v) is 21.9. The zero-order chi connectivity index (χ0) is 25.1. The molecule has 180 valence electrons. The molecule has 1 aliphatic carbocycles. The number of Topliss-reactive ketones (excluding diaryl/α,β-unsaturated/α-hetero) is 1. The molecule has 0 aliphatic heterocycles. The monoisotopic (exact) mass is 496 g/mol. The number of carbonyl (C=O) groups is 2. The Labute approximate surface area is 224 Å². The Morgan fingerprint density at radius 2 is 1.86 bits per heavy atom. The SMILES string of the molecule is CC(C)(C)OC(=O)N(CC1=C(Nc2ccnc(C(F)(F)F)c2)CCC1=O)c1ccc(C#N)cc1.[H-].[Na+]. The number of carbonyl (C=O) groups excluding carboxylic acids is 2. The Morgan fingerprint density at radius 3 is 2.43 bits per heavy atom. The summed E-state index contributed by atoms with van der Waals surface area (Å²) in [7, 11) is 0. The summed E-state index contributed by atoms with van der Waals surface area (Å²) < 4.78 is 44.6. The van der Waals surface area contributed by atoms with E-state index in [2.05, 4.69) is 10.3 Å². The third-order valence-electron chi connectivity index (χ3n) is 4.89. The van der Waals surface area contributed by atoms with Gasteiger partial charge in [0.25, 0.3) is 0 Å². The second-order valence-electron chi connectivity index (χ2n) is 8.66. The Bertz CT molecular complexity index is 1170. The number of halogens is 3. The van der Waals surface area contributed by atoms with E-state index in [1.165, 1.54) is 23.1 Å². The van der Waals surface area contributed by atoms with E-state index in [0.717, 1.165) is 12.3 Å². The molecule has 0 fully saturated rings. The fraction of sp³-hybridized carbons (Fsp3) is 0.333. The van der Waals surface area contributed by atoms with E-state index < -0.39 is 23.6 Å². The minimum absolute atomic E-state index is 0. The number of hydrogen-bond donors (Lipinski definition) is 1. The maximum absolute atomic E-state index is 13.0. The average molecular weight is 496 g/mol. The molecule has 0 atom stereocenters. The van der Waals surface area contributed by atoms with Crippen molar-refractivity contribution in [2.45, 2.75) is 45.4 Å². The average Bonchev–Trinajstić information content (AvgIpc) is 3.09. The number of hydrogen-bond acceptors (Lipinski definition) is 6. The van der Waals surface area contributed by atoms with E-state index in [-0.39, 0.29) is 67.4 Å². The summed E-state index contributed by atoms with van der Waals surface area (Å²) in [6.07, 6.45) is -3.83. The molecule has 1 aromatic heterocycles. The van der Waals surface area contributed by atoms with Crippen LogP contribution in [0, 0.1) is 11.3 Å². The number of allylic oxidation sites excluding steroid dienone is 1. The summed E-state index contributed by atoms with van der Waals surface area (Å²) in [6.45, 7) is 4.96. The number of anilines is 2. The number of aromatic nitrogens is 1. The number of nitrogens with one attached hydrogen (secondary N) is 1. The van der Waals surface area contributed by atoms with Crippen molar-refractivity contribution in [1.29, 1.82) is 5.26 Å². The second-order valence-corrected chi connectivity index (χ2v) is 8.66. The van der Waals surface area contributed by atoms with E-state index in [0.29, 0.717) is 16.9 Å². The van der Waals surface area contributed by atoms with Gasteiger partial charge >= 0.3 is 41.8 Å². The fourth-order valence-electron chi connectivity index (χ4n) is 3.32. The zero-order valence-electron chi connectivity index (χ0n) is 20.9. The Hall–Kier alpha value is -2.87. The van der Waals surface area contributed by atoms with Gasteiger partial charge in [-0.15, -0.1) is 0 Å². The molecule has 0 bridgehead atoms. The van der Waals surface area contributed by atoms with Gasteiger partial charge in [-0.1, -0.05) is 0 Å². The van der Waals surface area contributed by atoms with Crippen LogP contribution in [0.2, 0.25) is 0 Å². The van der Waals surface area contributed by atoms with Gasteiger partial charge in [-0.05, 0) is 63.6 Å². The van der Waals surface area contributed by atoms with Gasteiger partial charge in [0.15, 0.2) is 5.78 Å². The second kappa shape index (κ2) is 11.2. The first kappa shape index (κ1) is 28.4. The molecule has 1 heterocycles. The summed E-state index contributed by atoms with van der Waals surface area (Å²) in [6, 6.07) is 10.4. The molecule has 0 saturated carbocycles. The van der Waals surface area contributed by atoms with Crippen molar-refractivity contribution in [3.8, 4) is 6.07 Å². The Balaban J connectivity index is 0.00000324. The molecule has 2 aromatic rings. The van der Waals surface area contributed by atoms with Crippen LogP contribution < -0.4 is 39.8 Å². The third-order valence-corrected chi connectivity index (χ3v) is 4.89. The van der Waals surface area contributed by atoms with E-state index in [9.17, 15) is 22.8 Å². The normalized spacial score (nSPS) is 13.7. The third kappa shape index (κ3) is 7.56. The smallest absolute Gasteiger partial charge is 1.00 e. The molecule has 1 aromatic carbocycles. The van der Waals surface area contributed by atoms with Crippen molar-refractivity contribution < 1.29 is 58.5 Å². The van der Waals surface area contributed by atoms with Crippen LogP contribution in [0.3, 0.4) is 0 Å². The van der Waals surface area contributed by atoms with Gasteiger partial charge in [0.05, 0.1) is 18.2 Å². The molecular formula is C24H24F3N4NaO3. The van der Waals surface area contributed by atoms with Crippen molar-refractivity contribution in [3.63, 3.8) is 0 Å². The first-order valence-corrected chi connectivity index (χ1v) is 10.4. The maximum Gasteiger partial charge on any atom is 1.00 e. The van der Waals surface area contributed by atoms with Crippen molar-refractivity contribution in [2.75, 3.05) is 16.8 Å². The standard InChI is InChI=1S/C24H23F3N4O3.Na.H/c1-23(2,3)34-22(33)31(17-6-4-15(13-28)5-7-17)14-18-19(8-9-20(18)32)30-16-10-11-29-21(12-16)24(25,26)27;;/h4-7,10-12H,8-9,14H2,1-3H3,(H,29,30);;/q;+1;-1. The molecule has 3 rings (SSSR count). The van der Waals surface area contributed by atoms with Gasteiger partial charge in [-0.3, -0.25) is 14.7 Å². The molecule has 1 amide bonds. The van der Waals surface area contributed by atoms with Crippen LogP contribution in [0.1, 0.15) is 46.3 Å². The summed E-state index contributed by atoms with van der Waals surface area (Å²) in [4.78, 5) is 30.2. The van der Waals surface area contributed by atoms with Crippen LogP contribution in [0.4, 0.5) is 29.3 Å². The van der Waals surface area contributed by atoms with Gasteiger partial charge in [-0.2, -0.15) is 18.4 Å². The van der Waals surface area contributed by atoms with Crippen molar-refractivity contribution in [3.05, 3.63) is 65.1 Å². The molecule has 0 spiro atoms. The van der Waals surface area contributed by atoms with Gasteiger partial charge < -0.3 is 11.5 Å². The summed E-state index contributed by atoms with van der Waals surface area (Å²) >= 11 is 0. The van der Waals surface area contributed by atoms with Crippen LogP contribution in [0.5, 0.6) is 0 Å². The first-order chi connectivity index (χ1) is 15.9. The molecular weight excluding hydrogens is 472 g/mol. The minimum atomic E-state index is -4.61. The number of ether oxygens (including phenoxy) is 1. The van der Waals surface area contributed by atoms with Gasteiger partial charge in [0.1, 0.15) is 11.3 Å². The van der Waals surface area contributed by atoms with Gasteiger partial charge in [-0.25, -0.2) is 4.79 Å². The van der Waals surface area contributed by atoms with Crippen LogP contribution in [-0.2, 0) is 15.7 Å². The molecule has 7 nitrogen and oxygen atoms in total. The van der Waals surface area contributed by atoms with E-state index in [1.807, 2.05) is 6.07 Å². The number of pyridine rings is 1. The van der Waals surface area contributed by atoms with Crippen molar-refractivity contribution in [1.82, 2.24) is 4.98 Å². The molecule has 1 N–H and O–H groups in total. The predicted octanol–water partition coefficient (Wildman–Crippen LogP) is 2.56. The van der Waals surface area contributed by atoms with E-state index in [4.69, 9.17) is 10.00 Å². The number of nitrogens with zero attached hydrogens (tertiary/aromatic N) is 3. The number of ketones is 1. The maximum atomic E-state index is 13.0. The number of benzene rings is 1. The van der Waals surface area contributed by atoms with Gasteiger partial charge in [0, 0.05) is 35.3 Å².